The van der Waals surface area contributed by atoms with Crippen molar-refractivity contribution in [1.29, 1.82) is 0 Å². The average Bonchev–Trinajstić information content (AvgIpc) is 3.00. The van der Waals surface area contributed by atoms with E-state index in [9.17, 15) is 0 Å². The van der Waals surface area contributed by atoms with Gasteiger partial charge in [0.05, 0.1) is 17.2 Å². The molecule has 0 atom stereocenters. The fraction of sp³-hybridized carbons (Fsp3) is 0.118. The highest BCUT2D eigenvalue weighted by atomic mass is 15.2. The molecule has 0 radical (unpaired) electrons. The second kappa shape index (κ2) is 6.41. The minimum Gasteiger partial charge on any atom is -0.404 e. The van der Waals surface area contributed by atoms with Crippen LogP contribution in [0.2, 0.25) is 0 Å². The molecule has 0 spiro atoms. The van der Waals surface area contributed by atoms with Crippen LogP contribution in [0.3, 0.4) is 0 Å². The van der Waals surface area contributed by atoms with Crippen molar-refractivity contribution < 1.29 is 0 Å². The number of rotatable bonds is 4. The molecule has 0 aliphatic heterocycles. The summed E-state index contributed by atoms with van der Waals surface area (Å²) in [5.74, 6) is 1.10. The number of allylic oxidation sites excluding steroid dienone is 2. The SMILES string of the molecule is CC(=C/N)/C=C(\N)Nc1ccc2nccc(-c3cnn(C)c3)c2n1. The molecule has 5 N–H and O–H groups in total. The van der Waals surface area contributed by atoms with Crippen molar-refractivity contribution >= 4 is 16.9 Å². The minimum atomic E-state index is 0.466. The van der Waals surface area contributed by atoms with Crippen LogP contribution in [-0.4, -0.2) is 19.7 Å². The number of anilines is 1. The molecule has 0 aliphatic carbocycles. The summed E-state index contributed by atoms with van der Waals surface area (Å²) in [7, 11) is 1.88. The molecule has 0 fully saturated rings. The molecule has 0 amide bonds. The van der Waals surface area contributed by atoms with Crippen molar-refractivity contribution in [3.8, 4) is 11.1 Å². The van der Waals surface area contributed by atoms with Crippen molar-refractivity contribution in [3.05, 3.63) is 60.5 Å². The third-order valence-corrected chi connectivity index (χ3v) is 3.52. The number of nitrogens with one attached hydrogen (secondary N) is 1. The van der Waals surface area contributed by atoms with Gasteiger partial charge < -0.3 is 16.8 Å². The summed E-state index contributed by atoms with van der Waals surface area (Å²) >= 11 is 0. The van der Waals surface area contributed by atoms with E-state index in [1.54, 1.807) is 23.2 Å². The molecular formula is C17H19N7. The number of fused-ring (bicyclic) bond motifs is 1. The van der Waals surface area contributed by atoms with E-state index in [1.807, 2.05) is 38.4 Å². The second-order valence-corrected chi connectivity index (χ2v) is 5.46. The Kier molecular flexibility index (Phi) is 4.15. The van der Waals surface area contributed by atoms with Crippen LogP contribution in [0.1, 0.15) is 6.92 Å². The van der Waals surface area contributed by atoms with Crippen molar-refractivity contribution in [2.45, 2.75) is 6.92 Å². The Labute approximate surface area is 139 Å². The number of nitrogens with two attached hydrogens (primary N) is 2. The van der Waals surface area contributed by atoms with Gasteiger partial charge in [0.2, 0.25) is 0 Å². The monoisotopic (exact) mass is 321 g/mol. The minimum absolute atomic E-state index is 0.466. The van der Waals surface area contributed by atoms with Crippen molar-refractivity contribution in [2.24, 2.45) is 18.5 Å². The van der Waals surface area contributed by atoms with E-state index in [1.165, 1.54) is 6.20 Å². The predicted molar refractivity (Wildman–Crippen MR) is 95.6 cm³/mol. The molecule has 3 heterocycles. The first kappa shape index (κ1) is 15.5. The van der Waals surface area contributed by atoms with Crippen LogP contribution in [0.5, 0.6) is 0 Å². The van der Waals surface area contributed by atoms with Crippen LogP contribution in [0, 0.1) is 0 Å². The molecule has 24 heavy (non-hydrogen) atoms. The van der Waals surface area contributed by atoms with Gasteiger partial charge in [-0.3, -0.25) is 9.67 Å². The topological polar surface area (TPSA) is 108 Å². The highest BCUT2D eigenvalue weighted by molar-refractivity contribution is 5.91. The van der Waals surface area contributed by atoms with E-state index in [-0.39, 0.29) is 0 Å². The fourth-order valence-electron chi connectivity index (χ4n) is 2.37. The first-order valence-corrected chi connectivity index (χ1v) is 7.44. The molecule has 7 nitrogen and oxygen atoms in total. The Hall–Kier alpha value is -3.35. The summed E-state index contributed by atoms with van der Waals surface area (Å²) in [6, 6.07) is 5.67. The second-order valence-electron chi connectivity index (χ2n) is 5.46. The molecule has 0 saturated carbocycles. The molecule has 0 aliphatic rings. The summed E-state index contributed by atoms with van der Waals surface area (Å²) in [4.78, 5) is 9.02. The summed E-state index contributed by atoms with van der Waals surface area (Å²) in [5, 5.41) is 7.28. The molecule has 3 aromatic heterocycles. The van der Waals surface area contributed by atoms with Crippen LogP contribution in [0.4, 0.5) is 5.82 Å². The zero-order valence-corrected chi connectivity index (χ0v) is 13.6. The molecular weight excluding hydrogens is 302 g/mol. The van der Waals surface area contributed by atoms with Crippen molar-refractivity contribution in [2.75, 3.05) is 5.32 Å². The Morgan fingerprint density at radius 2 is 2.12 bits per heavy atom. The fourth-order valence-corrected chi connectivity index (χ4v) is 2.37. The number of nitrogens with zero attached hydrogens (tertiary/aromatic N) is 4. The molecule has 0 bridgehead atoms. The lowest BCUT2D eigenvalue weighted by Gasteiger charge is -2.08. The Balaban J connectivity index is 2.02. The number of hydrogen-bond donors (Lipinski definition) is 3. The van der Waals surface area contributed by atoms with Gasteiger partial charge in [-0.2, -0.15) is 5.10 Å². The van der Waals surface area contributed by atoms with Crippen LogP contribution in [0.15, 0.2) is 60.5 Å². The van der Waals surface area contributed by atoms with Crippen LogP contribution in [0.25, 0.3) is 22.2 Å². The van der Waals surface area contributed by atoms with Gasteiger partial charge in [-0.25, -0.2) is 4.98 Å². The van der Waals surface area contributed by atoms with Crippen molar-refractivity contribution in [3.63, 3.8) is 0 Å². The van der Waals surface area contributed by atoms with E-state index >= 15 is 0 Å². The third-order valence-electron chi connectivity index (χ3n) is 3.52. The number of aromatic nitrogens is 4. The number of aryl methyl sites for hydroxylation is 1. The van der Waals surface area contributed by atoms with Crippen LogP contribution >= 0.6 is 0 Å². The average molecular weight is 321 g/mol. The number of hydrogen-bond acceptors (Lipinski definition) is 6. The van der Waals surface area contributed by atoms with E-state index in [0.29, 0.717) is 11.6 Å². The highest BCUT2D eigenvalue weighted by Crippen LogP contribution is 2.26. The van der Waals surface area contributed by atoms with E-state index in [0.717, 1.165) is 27.7 Å². The molecule has 0 aromatic carbocycles. The third kappa shape index (κ3) is 3.19. The molecule has 3 rings (SSSR count). The summed E-state index contributed by atoms with van der Waals surface area (Å²) < 4.78 is 1.76. The van der Waals surface area contributed by atoms with E-state index in [4.69, 9.17) is 11.5 Å². The maximum absolute atomic E-state index is 5.96. The van der Waals surface area contributed by atoms with Gasteiger partial charge in [-0.05, 0) is 43.0 Å². The van der Waals surface area contributed by atoms with Gasteiger partial charge in [-0.1, -0.05) is 0 Å². The van der Waals surface area contributed by atoms with E-state index < -0.39 is 0 Å². The lowest BCUT2D eigenvalue weighted by atomic mass is 10.1. The quantitative estimate of drug-likeness (QED) is 0.635. The van der Waals surface area contributed by atoms with Gasteiger partial charge in [0, 0.05) is 30.6 Å². The largest absolute Gasteiger partial charge is 0.404 e. The van der Waals surface area contributed by atoms with Gasteiger partial charge in [0.15, 0.2) is 0 Å². The molecule has 0 saturated heterocycles. The highest BCUT2D eigenvalue weighted by Gasteiger charge is 2.09. The normalized spacial score (nSPS) is 12.6. The van der Waals surface area contributed by atoms with Gasteiger partial charge in [0.25, 0.3) is 0 Å². The van der Waals surface area contributed by atoms with Crippen LogP contribution in [-0.2, 0) is 7.05 Å². The van der Waals surface area contributed by atoms with Crippen molar-refractivity contribution in [1.82, 2.24) is 19.7 Å². The lowest BCUT2D eigenvalue weighted by molar-refractivity contribution is 0.768. The van der Waals surface area contributed by atoms with E-state index in [2.05, 4.69) is 20.4 Å². The van der Waals surface area contributed by atoms with Gasteiger partial charge in [-0.15, -0.1) is 0 Å². The Morgan fingerprint density at radius 1 is 1.29 bits per heavy atom. The first-order valence-electron chi connectivity index (χ1n) is 7.44. The molecule has 7 heteroatoms. The Morgan fingerprint density at radius 3 is 2.83 bits per heavy atom. The molecule has 3 aromatic rings. The van der Waals surface area contributed by atoms with Crippen LogP contribution < -0.4 is 16.8 Å². The zero-order chi connectivity index (χ0) is 17.1. The zero-order valence-electron chi connectivity index (χ0n) is 13.6. The molecule has 122 valence electrons. The summed E-state index contributed by atoms with van der Waals surface area (Å²) in [6.07, 6.45) is 8.76. The van der Waals surface area contributed by atoms with Gasteiger partial charge >= 0.3 is 0 Å². The summed E-state index contributed by atoms with van der Waals surface area (Å²) in [6.45, 7) is 1.87. The molecule has 0 unspecified atom stereocenters. The maximum atomic E-state index is 5.96. The Bertz CT molecular complexity index is 937. The first-order chi connectivity index (χ1) is 11.6. The predicted octanol–water partition coefficient (Wildman–Crippen LogP) is 2.10. The van der Waals surface area contributed by atoms with Gasteiger partial charge in [0.1, 0.15) is 11.6 Å². The number of pyridine rings is 2. The summed E-state index contributed by atoms with van der Waals surface area (Å²) in [5.41, 5.74) is 15.8. The smallest absolute Gasteiger partial charge is 0.132 e. The maximum Gasteiger partial charge on any atom is 0.132 e. The standard InChI is InChI=1S/C17H19N7/c1-11(8-18)7-15(19)22-16-4-3-14-17(23-16)13(5-6-20-14)12-9-21-24(2)10-12/h3-10H,18-19H2,1-2H3,(H,22,23)/b11-8-,15-7+. The lowest BCUT2D eigenvalue weighted by Crippen LogP contribution is -2.10.